The summed E-state index contributed by atoms with van der Waals surface area (Å²) in [4.78, 5) is 18.8. The molecular formula is C29H29N3O2S2. The summed E-state index contributed by atoms with van der Waals surface area (Å²) >= 11 is 3.63. The molecule has 0 fully saturated rings. The van der Waals surface area contributed by atoms with Gasteiger partial charge in [-0.15, -0.1) is 23.1 Å². The summed E-state index contributed by atoms with van der Waals surface area (Å²) in [6, 6.07) is 20.1. The Labute approximate surface area is 220 Å². The fourth-order valence-corrected chi connectivity index (χ4v) is 7.27. The molecule has 6 rings (SSSR count). The molecule has 0 radical (unpaired) electrons. The Morgan fingerprint density at radius 3 is 2.64 bits per heavy atom. The van der Waals surface area contributed by atoms with Gasteiger partial charge >= 0.3 is 6.03 Å². The Balaban J connectivity index is 1.49. The van der Waals surface area contributed by atoms with Crippen LogP contribution in [-0.2, 0) is 19.4 Å². The fraction of sp³-hybridized carbons (Fsp3) is 0.276. The maximum atomic E-state index is 14.1. The number of anilines is 1. The van der Waals surface area contributed by atoms with Crippen molar-refractivity contribution in [3.05, 3.63) is 94.1 Å². The van der Waals surface area contributed by atoms with Gasteiger partial charge in [-0.05, 0) is 79.5 Å². The second kappa shape index (κ2) is 9.71. The molecule has 0 saturated carbocycles. The van der Waals surface area contributed by atoms with Gasteiger partial charge in [-0.3, -0.25) is 0 Å². The molecule has 2 amide bonds. The number of rotatable bonds is 4. The van der Waals surface area contributed by atoms with Crippen molar-refractivity contribution in [3.8, 4) is 10.8 Å². The van der Waals surface area contributed by atoms with Crippen LogP contribution in [0.15, 0.2) is 71.8 Å². The van der Waals surface area contributed by atoms with Crippen LogP contribution >= 0.6 is 23.1 Å². The molecule has 2 aliphatic rings. The summed E-state index contributed by atoms with van der Waals surface area (Å²) in [7, 11) is 1.63. The maximum absolute atomic E-state index is 14.1. The standard InChI is InChI=1S/C29H29N3O2S2/c1-34-25-11-5-4-9-23(25)30-29(33)32-18-22-21-8-3-6-12-26(21)36-28(22)31-17-7-10-24(31)27(32)19-13-15-20(35-2)16-14-19/h4-5,7,9-11,13-17,27H,3,6,8,12,18H2,1-2H3,(H,30,33)/t27-/m0/s1. The van der Waals surface area contributed by atoms with Crippen molar-refractivity contribution in [1.29, 1.82) is 0 Å². The summed E-state index contributed by atoms with van der Waals surface area (Å²) in [6.07, 6.45) is 8.92. The van der Waals surface area contributed by atoms with Crippen molar-refractivity contribution in [2.45, 2.75) is 43.2 Å². The van der Waals surface area contributed by atoms with E-state index in [1.54, 1.807) is 18.9 Å². The van der Waals surface area contributed by atoms with Crippen LogP contribution in [-0.4, -0.2) is 28.9 Å². The molecule has 4 aromatic rings. The molecule has 5 nitrogen and oxygen atoms in total. The van der Waals surface area contributed by atoms with Crippen molar-refractivity contribution in [1.82, 2.24) is 9.47 Å². The number of para-hydroxylation sites is 2. The zero-order valence-electron chi connectivity index (χ0n) is 20.5. The molecule has 1 N–H and O–H groups in total. The minimum absolute atomic E-state index is 0.130. The molecule has 36 heavy (non-hydrogen) atoms. The molecule has 1 aliphatic heterocycles. The van der Waals surface area contributed by atoms with Crippen molar-refractivity contribution >= 4 is 34.8 Å². The van der Waals surface area contributed by atoms with Crippen LogP contribution in [0.4, 0.5) is 10.5 Å². The van der Waals surface area contributed by atoms with E-state index in [1.807, 2.05) is 40.5 Å². The number of aryl methyl sites for hydroxylation is 1. The maximum Gasteiger partial charge on any atom is 0.323 e. The number of carbonyl (C=O) groups excluding carboxylic acids is 1. The molecule has 1 atom stereocenters. The number of aromatic nitrogens is 1. The van der Waals surface area contributed by atoms with E-state index in [-0.39, 0.29) is 12.1 Å². The van der Waals surface area contributed by atoms with E-state index in [9.17, 15) is 4.79 Å². The topological polar surface area (TPSA) is 46.5 Å². The summed E-state index contributed by atoms with van der Waals surface area (Å²) in [5.74, 6) is 0.651. The van der Waals surface area contributed by atoms with Crippen LogP contribution in [0.25, 0.3) is 5.00 Å². The van der Waals surface area contributed by atoms with Crippen LogP contribution in [0, 0.1) is 0 Å². The number of ether oxygens (including phenoxy) is 1. The van der Waals surface area contributed by atoms with Gasteiger partial charge in [0.2, 0.25) is 0 Å². The Morgan fingerprint density at radius 2 is 1.83 bits per heavy atom. The van der Waals surface area contributed by atoms with Crippen LogP contribution < -0.4 is 10.1 Å². The molecule has 7 heteroatoms. The Morgan fingerprint density at radius 1 is 1.03 bits per heavy atom. The van der Waals surface area contributed by atoms with Crippen LogP contribution in [0.5, 0.6) is 5.75 Å². The number of urea groups is 1. The van der Waals surface area contributed by atoms with E-state index >= 15 is 0 Å². The lowest BCUT2D eigenvalue weighted by Crippen LogP contribution is -2.38. The number of methoxy groups -OCH3 is 1. The molecule has 0 saturated heterocycles. The van der Waals surface area contributed by atoms with E-state index in [4.69, 9.17) is 4.74 Å². The third-order valence-corrected chi connectivity index (χ3v) is 9.30. The number of nitrogens with zero attached hydrogens (tertiary/aromatic N) is 2. The highest BCUT2D eigenvalue weighted by Gasteiger charge is 2.36. The molecule has 3 heterocycles. The molecular weight excluding hydrogens is 486 g/mol. The normalized spacial score (nSPS) is 16.5. The zero-order valence-corrected chi connectivity index (χ0v) is 22.1. The van der Waals surface area contributed by atoms with E-state index in [0.29, 0.717) is 18.0 Å². The van der Waals surface area contributed by atoms with Gasteiger partial charge in [-0.1, -0.05) is 24.3 Å². The first-order valence-electron chi connectivity index (χ1n) is 12.3. The quantitative estimate of drug-likeness (QED) is 0.290. The van der Waals surface area contributed by atoms with Gasteiger partial charge in [0.25, 0.3) is 0 Å². The summed E-state index contributed by atoms with van der Waals surface area (Å²) in [5, 5.41) is 4.42. The van der Waals surface area contributed by atoms with E-state index < -0.39 is 0 Å². The number of benzene rings is 2. The highest BCUT2D eigenvalue weighted by atomic mass is 32.2. The minimum Gasteiger partial charge on any atom is -0.495 e. The lowest BCUT2D eigenvalue weighted by Gasteiger charge is -2.31. The third kappa shape index (κ3) is 4.00. The number of carbonyl (C=O) groups is 1. The third-order valence-electron chi connectivity index (χ3n) is 7.22. The summed E-state index contributed by atoms with van der Waals surface area (Å²) in [6.45, 7) is 0.568. The van der Waals surface area contributed by atoms with Crippen LogP contribution in [0.3, 0.4) is 0 Å². The Hall–Kier alpha value is -3.16. The lowest BCUT2D eigenvalue weighted by molar-refractivity contribution is 0.194. The second-order valence-corrected chi connectivity index (χ2v) is 11.2. The molecule has 184 valence electrons. The van der Waals surface area contributed by atoms with Crippen molar-refractivity contribution in [2.24, 2.45) is 0 Å². The van der Waals surface area contributed by atoms with Gasteiger partial charge in [0.15, 0.2) is 0 Å². The van der Waals surface area contributed by atoms with Gasteiger partial charge in [-0.25, -0.2) is 4.79 Å². The van der Waals surface area contributed by atoms with Crippen molar-refractivity contribution < 1.29 is 9.53 Å². The summed E-state index contributed by atoms with van der Waals surface area (Å²) in [5.41, 5.74) is 5.64. The van der Waals surface area contributed by atoms with E-state index in [2.05, 4.69) is 58.7 Å². The average molecular weight is 516 g/mol. The van der Waals surface area contributed by atoms with E-state index in [1.165, 1.54) is 38.7 Å². The number of hydrogen-bond donors (Lipinski definition) is 1. The number of thiophene rings is 1. The first-order chi connectivity index (χ1) is 17.7. The highest BCUT2D eigenvalue weighted by Crippen LogP contribution is 2.44. The smallest absolute Gasteiger partial charge is 0.323 e. The van der Waals surface area contributed by atoms with Gasteiger partial charge in [0, 0.05) is 21.5 Å². The first kappa shape index (κ1) is 23.3. The van der Waals surface area contributed by atoms with Gasteiger partial charge in [-0.2, -0.15) is 0 Å². The van der Waals surface area contributed by atoms with Crippen molar-refractivity contribution in [3.63, 3.8) is 0 Å². The predicted octanol–water partition coefficient (Wildman–Crippen LogP) is 7.29. The predicted molar refractivity (Wildman–Crippen MR) is 148 cm³/mol. The van der Waals surface area contributed by atoms with Gasteiger partial charge < -0.3 is 19.5 Å². The monoisotopic (exact) mass is 515 g/mol. The number of hydrogen-bond acceptors (Lipinski definition) is 4. The molecule has 2 aromatic heterocycles. The molecule has 0 spiro atoms. The second-order valence-electron chi connectivity index (χ2n) is 9.23. The van der Waals surface area contributed by atoms with Gasteiger partial charge in [0.05, 0.1) is 31.1 Å². The number of nitrogens with one attached hydrogen (secondary N) is 1. The number of thioether (sulfide) groups is 1. The molecule has 0 bridgehead atoms. The van der Waals surface area contributed by atoms with Crippen molar-refractivity contribution in [2.75, 3.05) is 18.7 Å². The number of amides is 2. The van der Waals surface area contributed by atoms with Crippen LogP contribution in [0.1, 0.15) is 46.1 Å². The Bertz CT molecular complexity index is 1410. The lowest BCUT2D eigenvalue weighted by atomic mass is 9.95. The largest absolute Gasteiger partial charge is 0.495 e. The first-order valence-corrected chi connectivity index (χ1v) is 14.4. The SMILES string of the molecule is COc1ccccc1NC(=O)N1Cc2c(sc3c2CCCC3)-n2cccc2[C@@H]1c1ccc(SC)cc1. The fourth-order valence-electron chi connectivity index (χ4n) is 5.46. The van der Waals surface area contributed by atoms with Crippen LogP contribution in [0.2, 0.25) is 0 Å². The highest BCUT2D eigenvalue weighted by molar-refractivity contribution is 7.98. The average Bonchev–Trinajstić information content (AvgIpc) is 3.51. The molecule has 2 aromatic carbocycles. The van der Waals surface area contributed by atoms with Gasteiger partial charge in [0.1, 0.15) is 10.8 Å². The van der Waals surface area contributed by atoms with E-state index in [0.717, 1.165) is 24.1 Å². The molecule has 1 aliphatic carbocycles. The minimum atomic E-state index is -0.218. The molecule has 0 unspecified atom stereocenters. The zero-order chi connectivity index (χ0) is 24.6. The summed E-state index contributed by atoms with van der Waals surface area (Å²) < 4.78 is 7.84. The Kier molecular flexibility index (Phi) is 6.27. The number of fused-ring (bicyclic) bond motifs is 5.